The number of carbonyl (C=O) groups excluding carboxylic acids is 1. The summed E-state index contributed by atoms with van der Waals surface area (Å²) in [6.07, 6.45) is 1.75. The molecule has 3 aromatic carbocycles. The summed E-state index contributed by atoms with van der Waals surface area (Å²) >= 11 is 1.55. The Morgan fingerprint density at radius 3 is 2.61 bits per heavy atom. The molecule has 5 aromatic rings. The number of benzene rings is 3. The van der Waals surface area contributed by atoms with E-state index in [0.29, 0.717) is 24.4 Å². The highest BCUT2D eigenvalue weighted by atomic mass is 32.2. The van der Waals surface area contributed by atoms with Gasteiger partial charge in [0.05, 0.1) is 6.54 Å². The average molecular weight is 497 g/mol. The van der Waals surface area contributed by atoms with E-state index < -0.39 is 0 Å². The van der Waals surface area contributed by atoms with Gasteiger partial charge >= 0.3 is 0 Å². The summed E-state index contributed by atoms with van der Waals surface area (Å²) in [7, 11) is 0. The van der Waals surface area contributed by atoms with Crippen molar-refractivity contribution in [2.45, 2.75) is 30.9 Å². The Morgan fingerprint density at radius 2 is 1.81 bits per heavy atom. The van der Waals surface area contributed by atoms with Crippen LogP contribution >= 0.6 is 11.8 Å². The number of halogens is 1. The summed E-state index contributed by atoms with van der Waals surface area (Å²) in [5.41, 5.74) is 6.40. The van der Waals surface area contributed by atoms with Gasteiger partial charge in [0.2, 0.25) is 0 Å². The Morgan fingerprint density at radius 1 is 0.972 bits per heavy atom. The second-order valence-electron chi connectivity index (χ2n) is 8.55. The Bertz CT molecular complexity index is 1510. The first-order valence-electron chi connectivity index (χ1n) is 11.7. The van der Waals surface area contributed by atoms with Gasteiger partial charge in [-0.25, -0.2) is 14.4 Å². The van der Waals surface area contributed by atoms with Crippen LogP contribution in [0, 0.1) is 12.7 Å². The largest absolute Gasteiger partial charge is 0.348 e. The minimum atomic E-state index is -0.244. The van der Waals surface area contributed by atoms with Gasteiger partial charge < -0.3 is 5.32 Å². The third-order valence-electron chi connectivity index (χ3n) is 5.98. The van der Waals surface area contributed by atoms with Crippen LogP contribution in [0.5, 0.6) is 0 Å². The van der Waals surface area contributed by atoms with Gasteiger partial charge in [-0.2, -0.15) is 0 Å². The molecule has 5 rings (SSSR count). The van der Waals surface area contributed by atoms with Gasteiger partial charge in [0.25, 0.3) is 5.91 Å². The number of thioether (sulfide) groups is 1. The molecule has 2 heterocycles. The van der Waals surface area contributed by atoms with Crippen LogP contribution in [-0.2, 0) is 18.8 Å². The van der Waals surface area contributed by atoms with Crippen LogP contribution in [0.25, 0.3) is 11.2 Å². The van der Waals surface area contributed by atoms with Gasteiger partial charge in [-0.05, 0) is 65.6 Å². The number of carbonyl (C=O) groups is 1. The number of amides is 1. The maximum Gasteiger partial charge on any atom is 0.251 e. The molecular weight excluding hydrogens is 471 g/mol. The zero-order valence-corrected chi connectivity index (χ0v) is 20.6. The van der Waals surface area contributed by atoms with Crippen LogP contribution in [0.2, 0.25) is 0 Å². The molecular formula is C29H25FN4OS. The minimum absolute atomic E-state index is 0.106. The molecule has 7 heteroatoms. The number of pyridine rings is 1. The number of hydrogen-bond donors (Lipinski definition) is 1. The molecule has 5 nitrogen and oxygen atoms in total. The predicted molar refractivity (Wildman–Crippen MR) is 141 cm³/mol. The number of aryl methyl sites for hydroxylation is 1. The normalized spacial score (nSPS) is 11.1. The van der Waals surface area contributed by atoms with E-state index in [9.17, 15) is 9.18 Å². The summed E-state index contributed by atoms with van der Waals surface area (Å²) in [6.45, 7) is 3.09. The molecule has 1 amide bonds. The number of imidazole rings is 1. The highest BCUT2D eigenvalue weighted by molar-refractivity contribution is 7.98. The van der Waals surface area contributed by atoms with Gasteiger partial charge in [0.1, 0.15) is 11.3 Å². The smallest absolute Gasteiger partial charge is 0.251 e. The Balaban J connectivity index is 1.31. The van der Waals surface area contributed by atoms with Gasteiger partial charge in [-0.15, -0.1) is 0 Å². The first-order chi connectivity index (χ1) is 17.6. The Hall–Kier alpha value is -3.97. The number of nitrogens with zero attached hydrogens (tertiary/aromatic N) is 3. The number of hydrogen-bond acceptors (Lipinski definition) is 4. The molecule has 0 aliphatic rings. The predicted octanol–water partition coefficient (Wildman–Crippen LogP) is 6.15. The van der Waals surface area contributed by atoms with Crippen molar-refractivity contribution in [2.24, 2.45) is 0 Å². The third kappa shape index (κ3) is 5.47. The molecule has 0 saturated heterocycles. The van der Waals surface area contributed by atoms with Gasteiger partial charge in [0.15, 0.2) is 10.8 Å². The fourth-order valence-corrected chi connectivity index (χ4v) is 4.94. The number of aromatic nitrogens is 3. The van der Waals surface area contributed by atoms with E-state index in [1.54, 1.807) is 30.1 Å². The lowest BCUT2D eigenvalue weighted by Crippen LogP contribution is -2.23. The Labute approximate surface area is 213 Å². The zero-order chi connectivity index (χ0) is 24.9. The van der Waals surface area contributed by atoms with Crippen molar-refractivity contribution >= 4 is 28.8 Å². The minimum Gasteiger partial charge on any atom is -0.348 e. The quantitative estimate of drug-likeness (QED) is 0.262. The highest BCUT2D eigenvalue weighted by Gasteiger charge is 2.14. The molecule has 0 spiro atoms. The SMILES string of the molecule is Cc1ccccc1CNC(=O)c1ccc(Cn2c(SCc3cccc(F)c3)nc3cccnc32)cc1. The highest BCUT2D eigenvalue weighted by Crippen LogP contribution is 2.27. The lowest BCUT2D eigenvalue weighted by atomic mass is 10.1. The number of rotatable bonds is 8. The molecule has 0 saturated carbocycles. The maximum atomic E-state index is 13.6. The van der Waals surface area contributed by atoms with Crippen LogP contribution in [0.3, 0.4) is 0 Å². The van der Waals surface area contributed by atoms with Gasteiger partial charge in [-0.3, -0.25) is 9.36 Å². The lowest BCUT2D eigenvalue weighted by Gasteiger charge is -2.10. The molecule has 1 N–H and O–H groups in total. The van der Waals surface area contributed by atoms with E-state index in [4.69, 9.17) is 4.98 Å². The van der Waals surface area contributed by atoms with Gasteiger partial charge in [0, 0.05) is 24.1 Å². The number of fused-ring (bicyclic) bond motifs is 1. The average Bonchev–Trinajstić information content (AvgIpc) is 3.24. The maximum absolute atomic E-state index is 13.6. The molecule has 0 atom stereocenters. The van der Waals surface area contributed by atoms with Crippen molar-refractivity contribution in [1.29, 1.82) is 0 Å². The lowest BCUT2D eigenvalue weighted by molar-refractivity contribution is 0.0951. The number of nitrogens with one attached hydrogen (secondary N) is 1. The van der Waals surface area contributed by atoms with E-state index in [2.05, 4.69) is 14.9 Å². The van der Waals surface area contributed by atoms with E-state index in [1.165, 1.54) is 6.07 Å². The van der Waals surface area contributed by atoms with Crippen molar-refractivity contribution in [1.82, 2.24) is 19.9 Å². The van der Waals surface area contributed by atoms with Crippen LogP contribution in [0.4, 0.5) is 4.39 Å². The standard InChI is InChI=1S/C29H25FN4OS/c1-20-6-2-3-8-24(20)17-32-28(35)23-13-11-21(12-14-23)18-34-27-26(10-5-15-31-27)33-29(34)36-19-22-7-4-9-25(30)16-22/h2-16H,17-19H2,1H3,(H,32,35). The van der Waals surface area contributed by atoms with E-state index in [-0.39, 0.29) is 11.7 Å². The van der Waals surface area contributed by atoms with Crippen LogP contribution in [-0.4, -0.2) is 20.4 Å². The van der Waals surface area contributed by atoms with Crippen molar-refractivity contribution in [3.63, 3.8) is 0 Å². The Kier molecular flexibility index (Phi) is 7.09. The van der Waals surface area contributed by atoms with E-state index in [0.717, 1.165) is 38.6 Å². The summed E-state index contributed by atoms with van der Waals surface area (Å²) in [4.78, 5) is 22.0. The monoisotopic (exact) mass is 496 g/mol. The molecule has 0 radical (unpaired) electrons. The molecule has 36 heavy (non-hydrogen) atoms. The van der Waals surface area contributed by atoms with Crippen molar-refractivity contribution < 1.29 is 9.18 Å². The summed E-state index contributed by atoms with van der Waals surface area (Å²) in [6, 6.07) is 26.0. The van der Waals surface area contributed by atoms with Gasteiger partial charge in [-0.1, -0.05) is 60.3 Å². The summed E-state index contributed by atoms with van der Waals surface area (Å²) in [5.74, 6) is 0.248. The fourth-order valence-electron chi connectivity index (χ4n) is 4.00. The molecule has 0 aliphatic carbocycles. The van der Waals surface area contributed by atoms with Crippen LogP contribution in [0.15, 0.2) is 96.3 Å². The van der Waals surface area contributed by atoms with Crippen LogP contribution < -0.4 is 5.32 Å². The first kappa shape index (κ1) is 23.8. The molecule has 0 bridgehead atoms. The fraction of sp³-hybridized carbons (Fsp3) is 0.138. The summed E-state index contributed by atoms with van der Waals surface area (Å²) < 4.78 is 15.7. The second-order valence-corrected chi connectivity index (χ2v) is 9.49. The van der Waals surface area contributed by atoms with E-state index >= 15 is 0 Å². The molecule has 0 aliphatic heterocycles. The van der Waals surface area contributed by atoms with Crippen molar-refractivity contribution in [3.8, 4) is 0 Å². The topological polar surface area (TPSA) is 59.8 Å². The summed E-state index contributed by atoms with van der Waals surface area (Å²) in [5, 5.41) is 3.81. The molecule has 0 unspecified atom stereocenters. The second kappa shape index (κ2) is 10.7. The first-order valence-corrected chi connectivity index (χ1v) is 12.7. The van der Waals surface area contributed by atoms with E-state index in [1.807, 2.05) is 73.7 Å². The van der Waals surface area contributed by atoms with Crippen molar-refractivity contribution in [2.75, 3.05) is 0 Å². The zero-order valence-electron chi connectivity index (χ0n) is 19.8. The molecule has 180 valence electrons. The molecule has 2 aromatic heterocycles. The molecule has 0 fully saturated rings. The third-order valence-corrected chi connectivity index (χ3v) is 7.03. The van der Waals surface area contributed by atoms with Crippen molar-refractivity contribution in [3.05, 3.63) is 125 Å². The van der Waals surface area contributed by atoms with Crippen LogP contribution in [0.1, 0.15) is 32.6 Å².